The second kappa shape index (κ2) is 5.61. The molecular weight excluding hydrogens is 238 g/mol. The standard InChI is InChI=1S/C13H17NO2.ClH/c1-2-7-14-11(5-1)10-4-3-6-12-13(10)16-9-8-15-12;/h3-4,6,11,14H,1-2,5,7-9H2;1H/t11-;/m0./s1. The summed E-state index contributed by atoms with van der Waals surface area (Å²) in [5.41, 5.74) is 1.26. The summed E-state index contributed by atoms with van der Waals surface area (Å²) in [6, 6.07) is 6.63. The predicted octanol–water partition coefficient (Wildman–Crippen LogP) is 2.69. The molecule has 2 aliphatic heterocycles. The highest BCUT2D eigenvalue weighted by molar-refractivity contribution is 5.85. The summed E-state index contributed by atoms with van der Waals surface area (Å²) in [7, 11) is 0. The van der Waals surface area contributed by atoms with Crippen molar-refractivity contribution in [1.82, 2.24) is 5.32 Å². The van der Waals surface area contributed by atoms with Crippen LogP contribution >= 0.6 is 12.4 Å². The molecule has 1 aromatic rings. The highest BCUT2D eigenvalue weighted by Gasteiger charge is 2.22. The van der Waals surface area contributed by atoms with Crippen LogP contribution in [0.5, 0.6) is 11.5 Å². The molecule has 2 aliphatic rings. The normalized spacial score (nSPS) is 22.7. The number of hydrogen-bond donors (Lipinski definition) is 1. The molecule has 0 spiro atoms. The molecule has 0 saturated carbocycles. The maximum atomic E-state index is 5.74. The fraction of sp³-hybridized carbons (Fsp3) is 0.538. The van der Waals surface area contributed by atoms with Crippen molar-refractivity contribution >= 4 is 12.4 Å². The van der Waals surface area contributed by atoms with Crippen LogP contribution in [0.1, 0.15) is 30.9 Å². The lowest BCUT2D eigenvalue weighted by Gasteiger charge is -2.28. The quantitative estimate of drug-likeness (QED) is 0.837. The van der Waals surface area contributed by atoms with Crippen molar-refractivity contribution < 1.29 is 9.47 Å². The number of hydrogen-bond acceptors (Lipinski definition) is 3. The fourth-order valence-corrected chi connectivity index (χ4v) is 2.49. The predicted molar refractivity (Wildman–Crippen MR) is 69.3 cm³/mol. The second-order valence-corrected chi connectivity index (χ2v) is 4.37. The first-order valence-electron chi connectivity index (χ1n) is 6.07. The number of fused-ring (bicyclic) bond motifs is 1. The lowest BCUT2D eigenvalue weighted by Crippen LogP contribution is -2.28. The average Bonchev–Trinajstić information content (AvgIpc) is 2.39. The van der Waals surface area contributed by atoms with Gasteiger partial charge >= 0.3 is 0 Å². The van der Waals surface area contributed by atoms with Gasteiger partial charge in [0, 0.05) is 11.6 Å². The topological polar surface area (TPSA) is 30.5 Å². The molecular formula is C13H18ClNO2. The Morgan fingerprint density at radius 3 is 2.82 bits per heavy atom. The van der Waals surface area contributed by atoms with E-state index in [1.165, 1.54) is 24.8 Å². The molecule has 1 saturated heterocycles. The Hall–Kier alpha value is -0.930. The molecule has 0 radical (unpaired) electrons. The summed E-state index contributed by atoms with van der Waals surface area (Å²) in [5, 5.41) is 3.55. The third kappa shape index (κ3) is 2.50. The third-order valence-electron chi connectivity index (χ3n) is 3.28. The smallest absolute Gasteiger partial charge is 0.166 e. The minimum absolute atomic E-state index is 0. The number of piperidine rings is 1. The number of rotatable bonds is 1. The molecule has 1 atom stereocenters. The van der Waals surface area contributed by atoms with Gasteiger partial charge in [-0.15, -0.1) is 12.4 Å². The largest absolute Gasteiger partial charge is 0.486 e. The van der Waals surface area contributed by atoms with Crippen LogP contribution in [0.3, 0.4) is 0 Å². The van der Waals surface area contributed by atoms with E-state index >= 15 is 0 Å². The number of ether oxygens (including phenoxy) is 2. The van der Waals surface area contributed by atoms with E-state index in [2.05, 4.69) is 17.4 Å². The zero-order valence-electron chi connectivity index (χ0n) is 9.78. The van der Waals surface area contributed by atoms with Gasteiger partial charge in [0.25, 0.3) is 0 Å². The highest BCUT2D eigenvalue weighted by Crippen LogP contribution is 2.38. The number of halogens is 1. The fourth-order valence-electron chi connectivity index (χ4n) is 2.49. The zero-order chi connectivity index (χ0) is 10.8. The maximum absolute atomic E-state index is 5.74. The van der Waals surface area contributed by atoms with Gasteiger partial charge < -0.3 is 14.8 Å². The molecule has 2 heterocycles. The number of benzene rings is 1. The van der Waals surface area contributed by atoms with Gasteiger partial charge in [0.2, 0.25) is 0 Å². The zero-order valence-corrected chi connectivity index (χ0v) is 10.6. The van der Waals surface area contributed by atoms with E-state index in [1.54, 1.807) is 0 Å². The highest BCUT2D eigenvalue weighted by atomic mass is 35.5. The lowest BCUT2D eigenvalue weighted by atomic mass is 9.96. The first-order valence-corrected chi connectivity index (χ1v) is 6.07. The minimum Gasteiger partial charge on any atom is -0.486 e. The van der Waals surface area contributed by atoms with Crippen LogP contribution in [0.4, 0.5) is 0 Å². The number of para-hydroxylation sites is 1. The molecule has 4 heteroatoms. The van der Waals surface area contributed by atoms with Crippen molar-refractivity contribution in [3.63, 3.8) is 0 Å². The molecule has 17 heavy (non-hydrogen) atoms. The molecule has 0 bridgehead atoms. The van der Waals surface area contributed by atoms with Gasteiger partial charge in [0.15, 0.2) is 11.5 Å². The molecule has 1 aromatic carbocycles. The van der Waals surface area contributed by atoms with Gasteiger partial charge in [-0.25, -0.2) is 0 Å². The van der Waals surface area contributed by atoms with Crippen LogP contribution < -0.4 is 14.8 Å². The summed E-state index contributed by atoms with van der Waals surface area (Å²) in [5.74, 6) is 1.85. The van der Waals surface area contributed by atoms with E-state index in [4.69, 9.17) is 9.47 Å². The Morgan fingerprint density at radius 2 is 2.00 bits per heavy atom. The van der Waals surface area contributed by atoms with Gasteiger partial charge in [-0.1, -0.05) is 18.6 Å². The summed E-state index contributed by atoms with van der Waals surface area (Å²) in [4.78, 5) is 0. The van der Waals surface area contributed by atoms with E-state index in [-0.39, 0.29) is 12.4 Å². The van der Waals surface area contributed by atoms with Crippen molar-refractivity contribution in [2.24, 2.45) is 0 Å². The van der Waals surface area contributed by atoms with Crippen LogP contribution in [0.25, 0.3) is 0 Å². The van der Waals surface area contributed by atoms with Gasteiger partial charge in [-0.2, -0.15) is 0 Å². The summed E-state index contributed by atoms with van der Waals surface area (Å²) in [6.07, 6.45) is 3.77. The van der Waals surface area contributed by atoms with Crippen LogP contribution in [0.15, 0.2) is 18.2 Å². The van der Waals surface area contributed by atoms with Crippen molar-refractivity contribution in [2.75, 3.05) is 19.8 Å². The Kier molecular flexibility index (Phi) is 4.13. The van der Waals surface area contributed by atoms with Gasteiger partial charge in [-0.05, 0) is 25.5 Å². The molecule has 1 fully saturated rings. The van der Waals surface area contributed by atoms with Gasteiger partial charge in [0.05, 0.1) is 0 Å². The third-order valence-corrected chi connectivity index (χ3v) is 3.28. The van der Waals surface area contributed by atoms with E-state index in [0.717, 1.165) is 18.0 Å². The molecule has 1 N–H and O–H groups in total. The van der Waals surface area contributed by atoms with Gasteiger partial charge in [-0.3, -0.25) is 0 Å². The summed E-state index contributed by atoms with van der Waals surface area (Å²) < 4.78 is 11.3. The Balaban J connectivity index is 0.00000108. The molecule has 3 rings (SSSR count). The Bertz CT molecular complexity index is 378. The minimum atomic E-state index is 0. The molecule has 0 unspecified atom stereocenters. The van der Waals surface area contributed by atoms with Crippen LogP contribution in [-0.2, 0) is 0 Å². The molecule has 3 nitrogen and oxygen atoms in total. The van der Waals surface area contributed by atoms with E-state index in [9.17, 15) is 0 Å². The number of nitrogens with one attached hydrogen (secondary N) is 1. The Morgan fingerprint density at radius 1 is 1.12 bits per heavy atom. The molecule has 94 valence electrons. The second-order valence-electron chi connectivity index (χ2n) is 4.37. The molecule has 0 aliphatic carbocycles. The first-order chi connectivity index (χ1) is 7.95. The average molecular weight is 256 g/mol. The first kappa shape index (κ1) is 12.5. The van der Waals surface area contributed by atoms with Crippen LogP contribution in [0.2, 0.25) is 0 Å². The van der Waals surface area contributed by atoms with E-state index < -0.39 is 0 Å². The molecule has 0 amide bonds. The van der Waals surface area contributed by atoms with Crippen LogP contribution in [0, 0.1) is 0 Å². The Labute approximate surface area is 108 Å². The maximum Gasteiger partial charge on any atom is 0.166 e. The summed E-state index contributed by atoms with van der Waals surface area (Å²) in [6.45, 7) is 2.43. The SMILES string of the molecule is Cl.c1cc2c(c([C@@H]3CCCCN3)c1)OCCO2. The van der Waals surface area contributed by atoms with Crippen molar-refractivity contribution in [3.05, 3.63) is 23.8 Å². The van der Waals surface area contributed by atoms with E-state index in [1.807, 2.05) is 6.07 Å². The summed E-state index contributed by atoms with van der Waals surface area (Å²) >= 11 is 0. The van der Waals surface area contributed by atoms with E-state index in [0.29, 0.717) is 19.3 Å². The van der Waals surface area contributed by atoms with Crippen molar-refractivity contribution in [1.29, 1.82) is 0 Å². The van der Waals surface area contributed by atoms with Crippen molar-refractivity contribution in [3.8, 4) is 11.5 Å². The van der Waals surface area contributed by atoms with Crippen LogP contribution in [-0.4, -0.2) is 19.8 Å². The monoisotopic (exact) mass is 255 g/mol. The van der Waals surface area contributed by atoms with Crippen molar-refractivity contribution in [2.45, 2.75) is 25.3 Å². The lowest BCUT2D eigenvalue weighted by molar-refractivity contribution is 0.168. The molecule has 0 aromatic heterocycles. The van der Waals surface area contributed by atoms with Gasteiger partial charge in [0.1, 0.15) is 13.2 Å².